The van der Waals surface area contributed by atoms with E-state index in [9.17, 15) is 18.0 Å². The second-order valence-electron chi connectivity index (χ2n) is 10.7. The fourth-order valence-corrected chi connectivity index (χ4v) is 4.77. The maximum atomic E-state index is 13.5. The van der Waals surface area contributed by atoms with Crippen molar-refractivity contribution in [2.24, 2.45) is 0 Å². The molecule has 204 valence electrons. The third-order valence-electron chi connectivity index (χ3n) is 6.75. The summed E-state index contributed by atoms with van der Waals surface area (Å²) in [6.07, 6.45) is -4.73. The minimum Gasteiger partial charge on any atom is -0.444 e. The number of rotatable bonds is 4. The highest BCUT2D eigenvalue weighted by Crippen LogP contribution is 2.36. The quantitative estimate of drug-likeness (QED) is 0.416. The lowest BCUT2D eigenvalue weighted by Gasteiger charge is -2.36. The number of fused-ring (bicyclic) bond motifs is 1. The van der Waals surface area contributed by atoms with Crippen molar-refractivity contribution in [3.63, 3.8) is 0 Å². The number of hydrogen-bond acceptors (Lipinski definition) is 6. The first kappa shape index (κ1) is 27.5. The van der Waals surface area contributed by atoms with Crippen LogP contribution in [0.1, 0.15) is 56.1 Å². The van der Waals surface area contributed by atoms with Crippen LogP contribution in [0.3, 0.4) is 0 Å². The Morgan fingerprint density at radius 1 is 1.00 bits per heavy atom. The van der Waals surface area contributed by atoms with E-state index in [1.807, 2.05) is 52.8 Å². The lowest BCUT2D eigenvalue weighted by Crippen LogP contribution is -2.50. The minimum atomic E-state index is -4.42. The van der Waals surface area contributed by atoms with Gasteiger partial charge in [-0.2, -0.15) is 18.3 Å². The number of carbonyl (C=O) groups is 1. The fraction of sp³-hybridized carbons (Fsp3) is 0.464. The molecule has 38 heavy (non-hydrogen) atoms. The summed E-state index contributed by atoms with van der Waals surface area (Å²) < 4.78 is 45.9. The number of alkyl halides is 3. The van der Waals surface area contributed by atoms with Gasteiger partial charge in [0.15, 0.2) is 5.82 Å². The number of halogens is 3. The summed E-state index contributed by atoms with van der Waals surface area (Å²) in [5.74, 6) is 0.504. The molecule has 10 heteroatoms. The SMILES string of the molecule is Cc1c(C(C)Nc2nnc(C)c3ccc(N4CCN(C(=O)OC(C)(C)C)CC4)cc23)cccc1C(F)(F)F. The van der Waals surface area contributed by atoms with Gasteiger partial charge in [0, 0.05) is 42.6 Å². The predicted octanol–water partition coefficient (Wildman–Crippen LogP) is 6.50. The maximum absolute atomic E-state index is 13.5. The van der Waals surface area contributed by atoms with Gasteiger partial charge in [0.25, 0.3) is 0 Å². The molecule has 0 aliphatic carbocycles. The number of benzene rings is 2. The van der Waals surface area contributed by atoms with Crippen LogP contribution in [-0.4, -0.2) is 53.0 Å². The zero-order valence-electron chi connectivity index (χ0n) is 22.6. The van der Waals surface area contributed by atoms with Crippen LogP contribution in [0, 0.1) is 13.8 Å². The molecule has 2 aromatic carbocycles. The molecule has 1 aliphatic heterocycles. The number of aryl methyl sites for hydroxylation is 1. The molecule has 7 nitrogen and oxygen atoms in total. The highest BCUT2D eigenvalue weighted by atomic mass is 19.4. The van der Waals surface area contributed by atoms with E-state index >= 15 is 0 Å². The summed E-state index contributed by atoms with van der Waals surface area (Å²) in [5.41, 5.74) is 1.28. The van der Waals surface area contributed by atoms with Crippen LogP contribution < -0.4 is 10.2 Å². The molecular formula is C28H34F3N5O2. The van der Waals surface area contributed by atoms with Crippen LogP contribution in [0.15, 0.2) is 36.4 Å². The second kappa shape index (κ2) is 10.3. The van der Waals surface area contributed by atoms with Gasteiger partial charge in [0.1, 0.15) is 5.60 Å². The van der Waals surface area contributed by atoms with E-state index in [1.54, 1.807) is 11.0 Å². The van der Waals surface area contributed by atoms with E-state index in [0.717, 1.165) is 28.2 Å². The van der Waals surface area contributed by atoms with E-state index in [-0.39, 0.29) is 11.7 Å². The van der Waals surface area contributed by atoms with Gasteiger partial charge in [-0.3, -0.25) is 0 Å². The molecule has 1 atom stereocenters. The summed E-state index contributed by atoms with van der Waals surface area (Å²) in [4.78, 5) is 16.3. The van der Waals surface area contributed by atoms with Crippen molar-refractivity contribution in [1.82, 2.24) is 15.1 Å². The van der Waals surface area contributed by atoms with E-state index in [4.69, 9.17) is 4.74 Å². The van der Waals surface area contributed by atoms with Crippen LogP contribution in [0.5, 0.6) is 0 Å². The molecule has 1 aliphatic rings. The van der Waals surface area contributed by atoms with Gasteiger partial charge in [-0.25, -0.2) is 4.79 Å². The molecule has 1 unspecified atom stereocenters. The Balaban J connectivity index is 1.57. The largest absolute Gasteiger partial charge is 0.444 e. The number of carbonyl (C=O) groups excluding carboxylic acids is 1. The maximum Gasteiger partial charge on any atom is 0.416 e. The summed E-state index contributed by atoms with van der Waals surface area (Å²) >= 11 is 0. The predicted molar refractivity (Wildman–Crippen MR) is 143 cm³/mol. The van der Waals surface area contributed by atoms with Crippen molar-refractivity contribution in [3.8, 4) is 0 Å². The van der Waals surface area contributed by atoms with Crippen molar-refractivity contribution >= 4 is 28.4 Å². The third kappa shape index (κ3) is 5.95. The number of aromatic nitrogens is 2. The average molecular weight is 530 g/mol. The molecule has 2 heterocycles. The van der Waals surface area contributed by atoms with Crippen LogP contribution in [-0.2, 0) is 10.9 Å². The Morgan fingerprint density at radius 3 is 2.32 bits per heavy atom. The second-order valence-corrected chi connectivity index (χ2v) is 10.7. The Kier molecular flexibility index (Phi) is 7.45. The number of amides is 1. The van der Waals surface area contributed by atoms with Gasteiger partial charge in [-0.15, -0.1) is 5.10 Å². The molecule has 0 spiro atoms. The van der Waals surface area contributed by atoms with Gasteiger partial charge in [0.05, 0.1) is 17.3 Å². The highest BCUT2D eigenvalue weighted by Gasteiger charge is 2.33. The summed E-state index contributed by atoms with van der Waals surface area (Å²) in [6.45, 7) is 13.1. The number of anilines is 2. The average Bonchev–Trinajstić information content (AvgIpc) is 2.84. The number of nitrogens with one attached hydrogen (secondary N) is 1. The molecule has 1 saturated heterocycles. The normalized spacial score (nSPS) is 15.5. The monoisotopic (exact) mass is 529 g/mol. The first-order valence-electron chi connectivity index (χ1n) is 12.7. The van der Waals surface area contributed by atoms with Gasteiger partial charge in [-0.1, -0.05) is 18.2 Å². The molecule has 0 bridgehead atoms. The molecule has 4 rings (SSSR count). The Labute approximate surface area is 221 Å². The Bertz CT molecular complexity index is 1330. The van der Waals surface area contributed by atoms with E-state index in [2.05, 4.69) is 20.4 Å². The standard InChI is InChI=1S/C28H34F3N5O2/c1-17-21(8-7-9-24(17)28(29,30)31)18(2)32-25-23-16-20(10-11-22(23)19(3)33-34-25)35-12-14-36(15-13-35)26(37)38-27(4,5)6/h7-11,16,18H,12-15H2,1-6H3,(H,32,34). The molecular weight excluding hydrogens is 495 g/mol. The van der Waals surface area contributed by atoms with Crippen LogP contribution in [0.2, 0.25) is 0 Å². The van der Waals surface area contributed by atoms with Crippen molar-refractivity contribution in [2.75, 3.05) is 36.4 Å². The lowest BCUT2D eigenvalue weighted by molar-refractivity contribution is -0.138. The van der Waals surface area contributed by atoms with Crippen molar-refractivity contribution in [1.29, 1.82) is 0 Å². The first-order chi connectivity index (χ1) is 17.7. The molecule has 1 fully saturated rings. The summed E-state index contributed by atoms with van der Waals surface area (Å²) in [6, 6.07) is 9.82. The Morgan fingerprint density at radius 2 is 1.68 bits per heavy atom. The van der Waals surface area contributed by atoms with E-state index in [0.29, 0.717) is 37.6 Å². The van der Waals surface area contributed by atoms with Crippen molar-refractivity contribution < 1.29 is 22.7 Å². The van der Waals surface area contributed by atoms with Crippen molar-refractivity contribution in [3.05, 3.63) is 58.8 Å². The van der Waals surface area contributed by atoms with Gasteiger partial charge in [-0.05, 0) is 70.9 Å². The number of piperazine rings is 1. The molecule has 3 aromatic rings. The molecule has 1 amide bonds. The van der Waals surface area contributed by atoms with Crippen molar-refractivity contribution in [2.45, 2.75) is 59.4 Å². The van der Waals surface area contributed by atoms with Crippen LogP contribution >= 0.6 is 0 Å². The van der Waals surface area contributed by atoms with Gasteiger partial charge >= 0.3 is 12.3 Å². The first-order valence-corrected chi connectivity index (χ1v) is 12.7. The summed E-state index contributed by atoms with van der Waals surface area (Å²) in [5, 5.41) is 13.7. The minimum absolute atomic E-state index is 0.188. The van der Waals surface area contributed by atoms with Crippen LogP contribution in [0.25, 0.3) is 10.8 Å². The molecule has 1 aromatic heterocycles. The van der Waals surface area contributed by atoms with E-state index in [1.165, 1.54) is 13.0 Å². The van der Waals surface area contributed by atoms with Gasteiger partial charge in [0.2, 0.25) is 0 Å². The number of hydrogen-bond donors (Lipinski definition) is 1. The zero-order valence-corrected chi connectivity index (χ0v) is 22.6. The smallest absolute Gasteiger partial charge is 0.416 e. The lowest BCUT2D eigenvalue weighted by atomic mass is 9.97. The summed E-state index contributed by atoms with van der Waals surface area (Å²) in [7, 11) is 0. The van der Waals surface area contributed by atoms with E-state index < -0.39 is 23.4 Å². The topological polar surface area (TPSA) is 70.6 Å². The van der Waals surface area contributed by atoms with Crippen LogP contribution in [0.4, 0.5) is 29.5 Å². The van der Waals surface area contributed by atoms with Gasteiger partial charge < -0.3 is 19.9 Å². The molecule has 0 radical (unpaired) electrons. The molecule has 1 N–H and O–H groups in total. The fourth-order valence-electron chi connectivity index (χ4n) is 4.77. The highest BCUT2D eigenvalue weighted by molar-refractivity contribution is 5.95. The molecule has 0 saturated carbocycles. The zero-order chi connectivity index (χ0) is 27.8. The third-order valence-corrected chi connectivity index (χ3v) is 6.75. The number of ether oxygens (including phenoxy) is 1. The Hall–Kier alpha value is -3.56. The number of nitrogens with zero attached hydrogens (tertiary/aromatic N) is 4.